The molecule has 1 atom stereocenters. The summed E-state index contributed by atoms with van der Waals surface area (Å²) in [7, 11) is 0. The van der Waals surface area contributed by atoms with Gasteiger partial charge in [0.05, 0.1) is 12.8 Å². The molecule has 1 unspecified atom stereocenters. The predicted molar refractivity (Wildman–Crippen MR) is 151 cm³/mol. The molecule has 9 heteroatoms. The normalized spacial score (nSPS) is 11.9. The molecule has 0 aromatic heterocycles. The molecule has 7 nitrogen and oxygen atoms in total. The van der Waals surface area contributed by atoms with Gasteiger partial charge in [0.25, 0.3) is 11.8 Å². The lowest BCUT2D eigenvalue weighted by molar-refractivity contribution is -0.123. The smallest absolute Gasteiger partial charge is 0.262 e. The minimum atomic E-state index is -0.754. The maximum Gasteiger partial charge on any atom is 0.262 e. The van der Waals surface area contributed by atoms with E-state index in [-0.39, 0.29) is 18.4 Å². The summed E-state index contributed by atoms with van der Waals surface area (Å²) in [5, 5.41) is 7.94. The molecule has 0 fully saturated rings. The Morgan fingerprint density at radius 3 is 2.37 bits per heavy atom. The zero-order valence-corrected chi connectivity index (χ0v) is 23.3. The van der Waals surface area contributed by atoms with E-state index in [1.54, 1.807) is 42.5 Å². The van der Waals surface area contributed by atoms with Crippen LogP contribution in [0.1, 0.15) is 47.8 Å². The van der Waals surface area contributed by atoms with Crippen molar-refractivity contribution in [2.75, 3.05) is 6.61 Å². The van der Waals surface area contributed by atoms with Gasteiger partial charge in [0, 0.05) is 21.2 Å². The van der Waals surface area contributed by atoms with Crippen LogP contribution in [0.15, 0.2) is 65.8 Å². The first-order valence-corrected chi connectivity index (χ1v) is 13.0. The van der Waals surface area contributed by atoms with Crippen LogP contribution in [-0.4, -0.2) is 30.7 Å². The highest BCUT2D eigenvalue weighted by atomic mass is 35.5. The highest BCUT2D eigenvalue weighted by molar-refractivity contribution is 6.35. The van der Waals surface area contributed by atoms with Crippen molar-refractivity contribution in [3.63, 3.8) is 0 Å². The number of hydrogen-bond donors (Lipinski definition) is 2. The van der Waals surface area contributed by atoms with E-state index in [1.165, 1.54) is 6.21 Å². The van der Waals surface area contributed by atoms with Crippen LogP contribution in [0.3, 0.4) is 0 Å². The number of carbonyl (C=O) groups is 2. The van der Waals surface area contributed by atoms with Crippen LogP contribution in [0.5, 0.6) is 11.5 Å². The fourth-order valence-corrected chi connectivity index (χ4v) is 3.95. The van der Waals surface area contributed by atoms with Crippen LogP contribution in [-0.2, 0) is 11.4 Å². The van der Waals surface area contributed by atoms with Crippen LogP contribution in [0, 0.1) is 12.8 Å². The van der Waals surface area contributed by atoms with Crippen LogP contribution < -0.4 is 20.2 Å². The van der Waals surface area contributed by atoms with E-state index in [4.69, 9.17) is 32.7 Å². The summed E-state index contributed by atoms with van der Waals surface area (Å²) >= 11 is 12.2. The lowest BCUT2D eigenvalue weighted by atomic mass is 10.0. The molecule has 0 aliphatic rings. The Hall–Kier alpha value is -3.55. The van der Waals surface area contributed by atoms with Crippen LogP contribution >= 0.6 is 23.2 Å². The number of nitrogens with one attached hydrogen (secondary N) is 2. The van der Waals surface area contributed by atoms with Crippen molar-refractivity contribution in [2.45, 2.75) is 40.3 Å². The van der Waals surface area contributed by atoms with Gasteiger partial charge in [-0.2, -0.15) is 5.10 Å². The summed E-state index contributed by atoms with van der Waals surface area (Å²) in [6.45, 7) is 8.20. The molecule has 38 heavy (non-hydrogen) atoms. The van der Waals surface area contributed by atoms with Crippen molar-refractivity contribution < 1.29 is 19.1 Å². The molecule has 0 spiro atoms. The van der Waals surface area contributed by atoms with Gasteiger partial charge in [0.1, 0.15) is 12.6 Å². The zero-order valence-electron chi connectivity index (χ0n) is 21.8. The lowest BCUT2D eigenvalue weighted by Gasteiger charge is -2.20. The standard InChI is InChI=1S/C29H31Cl2N3O4/c1-5-37-26-14-20(8-13-25(26)38-17-22-11-12-23(30)15-24(22)31)16-32-34-29(36)27(18(2)3)33-28(35)21-9-6-19(4)7-10-21/h6-16,18,27H,5,17H2,1-4H3,(H,33,35)(H,34,36)/b32-16+. The van der Waals surface area contributed by atoms with E-state index in [0.29, 0.717) is 39.3 Å². The summed E-state index contributed by atoms with van der Waals surface area (Å²) in [5.41, 5.74) is 5.54. The monoisotopic (exact) mass is 555 g/mol. The number of nitrogens with zero attached hydrogens (tertiary/aromatic N) is 1. The van der Waals surface area contributed by atoms with E-state index in [0.717, 1.165) is 11.1 Å². The van der Waals surface area contributed by atoms with Gasteiger partial charge in [-0.05, 0) is 67.8 Å². The van der Waals surface area contributed by atoms with Crippen molar-refractivity contribution >= 4 is 41.2 Å². The summed E-state index contributed by atoms with van der Waals surface area (Å²) in [4.78, 5) is 25.4. The zero-order chi connectivity index (χ0) is 27.7. The molecule has 0 heterocycles. The molecular weight excluding hydrogens is 525 g/mol. The highest BCUT2D eigenvalue weighted by Crippen LogP contribution is 2.30. The molecule has 3 rings (SSSR count). The minimum Gasteiger partial charge on any atom is -0.490 e. The number of hydrazone groups is 1. The Bertz CT molecular complexity index is 1290. The molecular formula is C29H31Cl2N3O4. The van der Waals surface area contributed by atoms with Crippen molar-refractivity contribution in [1.82, 2.24) is 10.7 Å². The fourth-order valence-electron chi connectivity index (χ4n) is 3.49. The summed E-state index contributed by atoms with van der Waals surface area (Å²) in [6, 6.07) is 16.9. The average Bonchev–Trinajstić information content (AvgIpc) is 2.88. The molecule has 0 aliphatic heterocycles. The van der Waals surface area contributed by atoms with Crippen molar-refractivity contribution in [3.8, 4) is 11.5 Å². The molecule has 0 saturated carbocycles. The Morgan fingerprint density at radius 2 is 1.71 bits per heavy atom. The van der Waals surface area contributed by atoms with E-state index < -0.39 is 11.9 Å². The number of benzene rings is 3. The van der Waals surface area contributed by atoms with Crippen molar-refractivity contribution in [2.24, 2.45) is 11.0 Å². The van der Waals surface area contributed by atoms with Gasteiger partial charge < -0.3 is 14.8 Å². The van der Waals surface area contributed by atoms with E-state index in [2.05, 4.69) is 15.8 Å². The van der Waals surface area contributed by atoms with Gasteiger partial charge in [0.2, 0.25) is 0 Å². The fraction of sp³-hybridized carbons (Fsp3) is 0.276. The SMILES string of the molecule is CCOc1cc(/C=N/NC(=O)C(NC(=O)c2ccc(C)cc2)C(C)C)ccc1OCc1ccc(Cl)cc1Cl. The van der Waals surface area contributed by atoms with E-state index in [9.17, 15) is 9.59 Å². The molecule has 3 aromatic rings. The minimum absolute atomic E-state index is 0.144. The van der Waals surface area contributed by atoms with Crippen molar-refractivity contribution in [1.29, 1.82) is 0 Å². The molecule has 2 N–H and O–H groups in total. The summed E-state index contributed by atoms with van der Waals surface area (Å²) in [5.74, 6) is 0.187. The van der Waals surface area contributed by atoms with Gasteiger partial charge in [-0.3, -0.25) is 9.59 Å². The molecule has 0 radical (unpaired) electrons. The maximum atomic E-state index is 12.8. The second-order valence-corrected chi connectivity index (χ2v) is 9.80. The second-order valence-electron chi connectivity index (χ2n) is 8.96. The quantitative estimate of drug-likeness (QED) is 0.218. The largest absolute Gasteiger partial charge is 0.490 e. The number of hydrogen-bond acceptors (Lipinski definition) is 5. The number of ether oxygens (including phenoxy) is 2. The van der Waals surface area contributed by atoms with Gasteiger partial charge in [0.15, 0.2) is 11.5 Å². The molecule has 0 aliphatic carbocycles. The van der Waals surface area contributed by atoms with E-state index in [1.807, 2.05) is 45.9 Å². The molecule has 0 bridgehead atoms. The molecule has 0 saturated heterocycles. The van der Waals surface area contributed by atoms with Crippen LogP contribution in [0.2, 0.25) is 10.0 Å². The number of rotatable bonds is 11. The van der Waals surface area contributed by atoms with E-state index >= 15 is 0 Å². The molecule has 3 aromatic carbocycles. The average molecular weight is 556 g/mol. The maximum absolute atomic E-state index is 12.8. The third-order valence-corrected chi connectivity index (χ3v) is 6.19. The first-order chi connectivity index (χ1) is 18.2. The summed E-state index contributed by atoms with van der Waals surface area (Å²) in [6.07, 6.45) is 1.50. The Labute approximate surface area is 233 Å². The first-order valence-electron chi connectivity index (χ1n) is 12.2. The molecule has 2 amide bonds. The summed E-state index contributed by atoms with van der Waals surface area (Å²) < 4.78 is 11.7. The number of carbonyl (C=O) groups excluding carboxylic acids is 2. The number of amides is 2. The third kappa shape index (κ3) is 8.23. The Morgan fingerprint density at radius 1 is 0.974 bits per heavy atom. The van der Waals surface area contributed by atoms with Crippen LogP contribution in [0.4, 0.5) is 0 Å². The number of halogens is 2. The predicted octanol–water partition coefficient (Wildman–Crippen LogP) is 6.18. The van der Waals surface area contributed by atoms with Crippen LogP contribution in [0.25, 0.3) is 0 Å². The first kappa shape index (κ1) is 29.0. The lowest BCUT2D eigenvalue weighted by Crippen LogP contribution is -2.48. The number of aryl methyl sites for hydroxylation is 1. The van der Waals surface area contributed by atoms with Crippen molar-refractivity contribution in [3.05, 3.63) is 93.0 Å². The highest BCUT2D eigenvalue weighted by Gasteiger charge is 2.24. The topological polar surface area (TPSA) is 89.0 Å². The Kier molecular flexibility index (Phi) is 10.6. The molecule has 200 valence electrons. The van der Waals surface area contributed by atoms with Gasteiger partial charge >= 0.3 is 0 Å². The van der Waals surface area contributed by atoms with Gasteiger partial charge in [-0.1, -0.05) is 60.8 Å². The van der Waals surface area contributed by atoms with Gasteiger partial charge in [-0.25, -0.2) is 5.43 Å². The van der Waals surface area contributed by atoms with Gasteiger partial charge in [-0.15, -0.1) is 0 Å². The second kappa shape index (κ2) is 13.8. The third-order valence-electron chi connectivity index (χ3n) is 5.60. The Balaban J connectivity index is 1.64.